The van der Waals surface area contributed by atoms with Crippen molar-refractivity contribution in [2.75, 3.05) is 0 Å². The number of rotatable bonds is 5. The predicted octanol–water partition coefficient (Wildman–Crippen LogP) is 4.30. The van der Waals surface area contributed by atoms with Gasteiger partial charge in [0.25, 0.3) is 0 Å². The summed E-state index contributed by atoms with van der Waals surface area (Å²) in [5.41, 5.74) is -0.344. The molecule has 3 atom stereocenters. The second-order valence-corrected chi connectivity index (χ2v) is 18.4. The van der Waals surface area contributed by atoms with Gasteiger partial charge in [-0.3, -0.25) is 0 Å². The molecule has 1 fully saturated rings. The molecule has 2 rings (SSSR count). The summed E-state index contributed by atoms with van der Waals surface area (Å²) in [5.74, 6) is 0.517. The third-order valence-electron chi connectivity index (χ3n) is 4.76. The molecule has 4 heteroatoms. The summed E-state index contributed by atoms with van der Waals surface area (Å²) in [6, 6.07) is 10.8. The number of esters is 1. The molecule has 2 nitrogen and oxygen atoms in total. The van der Waals surface area contributed by atoms with Crippen LogP contribution < -0.4 is 4.46 Å². The van der Waals surface area contributed by atoms with Crippen LogP contribution in [0.4, 0.5) is 0 Å². The van der Waals surface area contributed by atoms with Crippen molar-refractivity contribution in [1.82, 2.24) is 0 Å². The second kappa shape index (κ2) is 6.62. The summed E-state index contributed by atoms with van der Waals surface area (Å²) in [5, 5.41) is 0. The monoisotopic (exact) mass is 412 g/mol. The van der Waals surface area contributed by atoms with Crippen LogP contribution in [0.2, 0.25) is 24.1 Å². The van der Waals surface area contributed by atoms with Crippen LogP contribution in [-0.4, -0.2) is 34.6 Å². The SMILES string of the molecule is CC(C)(C)OC(=O)[C@H]1[C@@H]([C@@H]([Se]c2ccccc2)[Si](C)(C)C)C1(C)C. The first-order chi connectivity index (χ1) is 10.8. The molecule has 0 amide bonds. The first-order valence-electron chi connectivity index (χ1n) is 8.78. The Morgan fingerprint density at radius 1 is 1.17 bits per heavy atom. The molecular weight excluding hydrogens is 379 g/mol. The molecule has 0 unspecified atom stereocenters. The molecule has 0 radical (unpaired) electrons. The zero-order valence-corrected chi connectivity index (χ0v) is 19.1. The molecule has 0 N–H and O–H groups in total. The van der Waals surface area contributed by atoms with Gasteiger partial charge in [-0.2, -0.15) is 0 Å². The van der Waals surface area contributed by atoms with Crippen LogP contribution in [0, 0.1) is 17.3 Å². The van der Waals surface area contributed by atoms with E-state index >= 15 is 0 Å². The molecule has 24 heavy (non-hydrogen) atoms. The van der Waals surface area contributed by atoms with E-state index in [-0.39, 0.29) is 17.3 Å². The van der Waals surface area contributed by atoms with Gasteiger partial charge in [-0.15, -0.1) is 0 Å². The molecule has 1 aliphatic rings. The summed E-state index contributed by atoms with van der Waals surface area (Å²) in [6.07, 6.45) is 0. The van der Waals surface area contributed by atoms with Crippen LogP contribution in [-0.2, 0) is 9.53 Å². The number of benzene rings is 1. The van der Waals surface area contributed by atoms with Gasteiger partial charge in [0.2, 0.25) is 0 Å². The molecule has 0 spiro atoms. The number of hydrogen-bond acceptors (Lipinski definition) is 2. The van der Waals surface area contributed by atoms with Crippen LogP contribution >= 0.6 is 0 Å². The first-order valence-corrected chi connectivity index (χ1v) is 14.2. The summed E-state index contributed by atoms with van der Waals surface area (Å²) >= 11 is 0.407. The van der Waals surface area contributed by atoms with E-state index in [1.807, 2.05) is 20.8 Å². The Balaban J connectivity index is 2.22. The van der Waals surface area contributed by atoms with Crippen LogP contribution in [0.25, 0.3) is 0 Å². The fourth-order valence-corrected chi connectivity index (χ4v) is 11.1. The molecule has 0 bridgehead atoms. The van der Waals surface area contributed by atoms with Gasteiger partial charge in [-0.1, -0.05) is 0 Å². The van der Waals surface area contributed by atoms with Gasteiger partial charge < -0.3 is 0 Å². The maximum atomic E-state index is 12.7. The van der Waals surface area contributed by atoms with E-state index < -0.39 is 13.7 Å². The fraction of sp³-hybridized carbons (Fsp3) is 0.650. The van der Waals surface area contributed by atoms with E-state index in [1.54, 1.807) is 0 Å². The molecule has 0 aromatic heterocycles. The third-order valence-corrected chi connectivity index (χ3v) is 14.2. The average molecular weight is 412 g/mol. The van der Waals surface area contributed by atoms with Crippen molar-refractivity contribution < 1.29 is 9.53 Å². The number of carbonyl (C=O) groups excluding carboxylic acids is 1. The van der Waals surface area contributed by atoms with Crippen molar-refractivity contribution in [1.29, 1.82) is 0 Å². The molecule has 1 saturated carbocycles. The van der Waals surface area contributed by atoms with E-state index in [4.69, 9.17) is 4.74 Å². The minimum atomic E-state index is -1.39. The molecular formula is C20H32O2SeSi. The summed E-state index contributed by atoms with van der Waals surface area (Å²) in [7, 11) is -1.39. The van der Waals surface area contributed by atoms with Crippen molar-refractivity contribution in [2.24, 2.45) is 17.3 Å². The van der Waals surface area contributed by atoms with Crippen molar-refractivity contribution in [3.8, 4) is 0 Å². The molecule has 1 aliphatic carbocycles. The Kier molecular flexibility index (Phi) is 5.45. The Hall–Kier alpha value is -0.574. The Labute approximate surface area is 154 Å². The third kappa shape index (κ3) is 4.53. The first kappa shape index (κ1) is 19.7. The summed E-state index contributed by atoms with van der Waals surface area (Å²) in [4.78, 5) is 12.7. The standard InChI is InChI=1S/C20H32O2SeSi/c1-19(2,3)22-17(21)15-16(20(15,4)5)18(24(6,7)8)23-14-12-10-9-11-13-14/h9-13,15-16,18H,1-8H3/t15-,16+,18+/m1/s1. The summed E-state index contributed by atoms with van der Waals surface area (Å²) in [6.45, 7) is 17.7. The second-order valence-electron chi connectivity index (χ2n) is 9.58. The Morgan fingerprint density at radius 2 is 1.71 bits per heavy atom. The number of hydrogen-bond donors (Lipinski definition) is 0. The Bertz CT molecular complexity index is 584. The molecule has 134 valence electrons. The molecule has 1 aromatic rings. The molecule has 0 heterocycles. The molecule has 0 aliphatic heterocycles. The minimum absolute atomic E-state index is 0.00427. The van der Waals surface area contributed by atoms with E-state index in [0.29, 0.717) is 25.3 Å². The van der Waals surface area contributed by atoms with E-state index in [2.05, 4.69) is 63.8 Å². The van der Waals surface area contributed by atoms with Gasteiger partial charge in [0.1, 0.15) is 0 Å². The van der Waals surface area contributed by atoms with Crippen LogP contribution in [0.1, 0.15) is 34.6 Å². The van der Waals surface area contributed by atoms with Gasteiger partial charge in [0.05, 0.1) is 0 Å². The van der Waals surface area contributed by atoms with Crippen molar-refractivity contribution in [3.05, 3.63) is 30.3 Å². The van der Waals surface area contributed by atoms with Crippen LogP contribution in [0.3, 0.4) is 0 Å². The van der Waals surface area contributed by atoms with Crippen LogP contribution in [0.5, 0.6) is 0 Å². The van der Waals surface area contributed by atoms with E-state index in [9.17, 15) is 4.79 Å². The predicted molar refractivity (Wildman–Crippen MR) is 106 cm³/mol. The average Bonchev–Trinajstić information content (AvgIpc) is 2.96. The molecule has 0 saturated heterocycles. The van der Waals surface area contributed by atoms with Crippen molar-refractivity contribution in [2.45, 2.75) is 64.3 Å². The zero-order chi connectivity index (χ0) is 18.3. The molecule has 1 aromatic carbocycles. The van der Waals surface area contributed by atoms with E-state index in [0.717, 1.165) is 0 Å². The Morgan fingerprint density at radius 3 is 2.17 bits per heavy atom. The number of carbonyl (C=O) groups is 1. The quantitative estimate of drug-likeness (QED) is 0.534. The van der Waals surface area contributed by atoms with Gasteiger partial charge in [0, 0.05) is 0 Å². The zero-order valence-electron chi connectivity index (χ0n) is 16.3. The topological polar surface area (TPSA) is 26.3 Å². The summed E-state index contributed by atoms with van der Waals surface area (Å²) < 4.78 is 7.82. The normalized spacial score (nSPS) is 24.3. The number of ether oxygens (including phenoxy) is 1. The van der Waals surface area contributed by atoms with Gasteiger partial charge in [0.15, 0.2) is 0 Å². The fourth-order valence-electron chi connectivity index (χ4n) is 3.49. The van der Waals surface area contributed by atoms with Crippen LogP contribution in [0.15, 0.2) is 30.3 Å². The van der Waals surface area contributed by atoms with E-state index in [1.165, 1.54) is 4.46 Å². The van der Waals surface area contributed by atoms with Crippen molar-refractivity contribution >= 4 is 33.5 Å². The van der Waals surface area contributed by atoms with Gasteiger partial charge in [-0.05, 0) is 0 Å². The maximum absolute atomic E-state index is 12.7. The van der Waals surface area contributed by atoms with Gasteiger partial charge in [-0.25, -0.2) is 0 Å². The van der Waals surface area contributed by atoms with Gasteiger partial charge >= 0.3 is 155 Å². The van der Waals surface area contributed by atoms with Crippen molar-refractivity contribution in [3.63, 3.8) is 0 Å².